The number of rotatable bonds is 3. The minimum Gasteiger partial charge on any atom is -0.370 e. The Kier molecular flexibility index (Phi) is 4.90. The monoisotopic (exact) mass is 285 g/mol. The van der Waals surface area contributed by atoms with Crippen molar-refractivity contribution >= 4 is 5.69 Å². The zero-order valence-electron chi connectivity index (χ0n) is 13.7. The molecule has 1 aliphatic rings. The Hall–Kier alpha value is -1.53. The minimum atomic E-state index is 0.0918. The summed E-state index contributed by atoms with van der Waals surface area (Å²) in [5.74, 6) is 0.807. The molecule has 0 unspecified atom stereocenters. The normalized spacial score (nSPS) is 16.8. The maximum absolute atomic E-state index is 9.46. The molecule has 1 aliphatic heterocycles. The predicted octanol–water partition coefficient (Wildman–Crippen LogP) is 3.68. The predicted molar refractivity (Wildman–Crippen MR) is 88.4 cm³/mol. The summed E-state index contributed by atoms with van der Waals surface area (Å²) in [4.78, 5) is 2.36. The molecule has 3 nitrogen and oxygen atoms in total. The van der Waals surface area contributed by atoms with E-state index in [-0.39, 0.29) is 5.54 Å². The lowest BCUT2D eigenvalue weighted by atomic mass is 9.97. The Morgan fingerprint density at radius 2 is 1.95 bits per heavy atom. The van der Waals surface area contributed by atoms with Gasteiger partial charge in [-0.15, -0.1) is 0 Å². The summed E-state index contributed by atoms with van der Waals surface area (Å²) in [7, 11) is 0. The van der Waals surface area contributed by atoms with Gasteiger partial charge in [-0.25, -0.2) is 0 Å². The lowest BCUT2D eigenvalue weighted by molar-refractivity contribution is 0.424. The van der Waals surface area contributed by atoms with Crippen LogP contribution >= 0.6 is 0 Å². The summed E-state index contributed by atoms with van der Waals surface area (Å²) in [5, 5.41) is 12.9. The van der Waals surface area contributed by atoms with Crippen LogP contribution in [-0.4, -0.2) is 18.6 Å². The summed E-state index contributed by atoms with van der Waals surface area (Å²) in [6, 6.07) is 8.67. The molecule has 3 heteroatoms. The highest BCUT2D eigenvalue weighted by Gasteiger charge is 2.18. The van der Waals surface area contributed by atoms with Crippen LogP contribution in [0.3, 0.4) is 0 Å². The number of hydrogen-bond donors (Lipinski definition) is 1. The third-order valence-electron chi connectivity index (χ3n) is 4.13. The first-order valence-electron chi connectivity index (χ1n) is 7.92. The van der Waals surface area contributed by atoms with Gasteiger partial charge in [-0.2, -0.15) is 5.26 Å². The smallest absolute Gasteiger partial charge is 0.101 e. The van der Waals surface area contributed by atoms with Crippen LogP contribution < -0.4 is 10.2 Å². The van der Waals surface area contributed by atoms with E-state index in [9.17, 15) is 5.26 Å². The molecule has 1 aromatic carbocycles. The molecule has 0 aliphatic carbocycles. The summed E-state index contributed by atoms with van der Waals surface area (Å²) in [6.45, 7) is 11.7. The molecule has 0 aromatic heterocycles. The highest BCUT2D eigenvalue weighted by molar-refractivity contribution is 5.60. The fraction of sp³-hybridized carbons (Fsp3) is 0.611. The molecular weight excluding hydrogens is 258 g/mol. The fourth-order valence-electron chi connectivity index (χ4n) is 2.68. The summed E-state index contributed by atoms with van der Waals surface area (Å²) >= 11 is 0. The van der Waals surface area contributed by atoms with Gasteiger partial charge < -0.3 is 10.2 Å². The van der Waals surface area contributed by atoms with Gasteiger partial charge in [0.2, 0.25) is 0 Å². The Balaban J connectivity index is 2.12. The topological polar surface area (TPSA) is 39.1 Å². The maximum atomic E-state index is 9.46. The number of piperidine rings is 1. The second-order valence-corrected chi connectivity index (χ2v) is 7.24. The van der Waals surface area contributed by atoms with Crippen LogP contribution in [0.4, 0.5) is 5.69 Å². The zero-order valence-corrected chi connectivity index (χ0v) is 13.7. The molecule has 1 fully saturated rings. The Morgan fingerprint density at radius 3 is 2.52 bits per heavy atom. The molecule has 114 valence electrons. The molecule has 0 amide bonds. The fourth-order valence-corrected chi connectivity index (χ4v) is 2.68. The molecule has 1 N–H and O–H groups in total. The molecule has 1 heterocycles. The van der Waals surface area contributed by atoms with Crippen molar-refractivity contribution in [2.45, 2.75) is 52.6 Å². The molecule has 21 heavy (non-hydrogen) atoms. The zero-order chi connectivity index (χ0) is 15.5. The number of nitrogens with one attached hydrogen (secondary N) is 1. The highest BCUT2D eigenvalue weighted by atomic mass is 15.1. The van der Waals surface area contributed by atoms with Gasteiger partial charge in [-0.1, -0.05) is 13.0 Å². The van der Waals surface area contributed by atoms with Crippen LogP contribution in [-0.2, 0) is 6.54 Å². The summed E-state index contributed by atoms with van der Waals surface area (Å²) in [6.07, 6.45) is 2.44. The van der Waals surface area contributed by atoms with E-state index in [0.29, 0.717) is 0 Å². The summed E-state index contributed by atoms with van der Waals surface area (Å²) < 4.78 is 0. The van der Waals surface area contributed by atoms with Crippen LogP contribution in [0, 0.1) is 17.2 Å². The van der Waals surface area contributed by atoms with Crippen molar-refractivity contribution in [1.82, 2.24) is 5.32 Å². The van der Waals surface area contributed by atoms with Crippen LogP contribution in [0.1, 0.15) is 51.7 Å². The molecule has 0 bridgehead atoms. The van der Waals surface area contributed by atoms with E-state index in [0.717, 1.165) is 36.8 Å². The van der Waals surface area contributed by atoms with Crippen molar-refractivity contribution in [1.29, 1.82) is 5.26 Å². The first kappa shape index (κ1) is 15.9. The van der Waals surface area contributed by atoms with E-state index < -0.39 is 0 Å². The van der Waals surface area contributed by atoms with Crippen molar-refractivity contribution in [3.05, 3.63) is 29.3 Å². The van der Waals surface area contributed by atoms with E-state index in [4.69, 9.17) is 0 Å². The minimum absolute atomic E-state index is 0.0918. The van der Waals surface area contributed by atoms with E-state index in [1.165, 1.54) is 18.4 Å². The molecular formula is C18H27N3. The van der Waals surface area contributed by atoms with Crippen LogP contribution in [0.5, 0.6) is 0 Å². The highest BCUT2D eigenvalue weighted by Crippen LogP contribution is 2.26. The van der Waals surface area contributed by atoms with Crippen molar-refractivity contribution in [3.63, 3.8) is 0 Å². The van der Waals surface area contributed by atoms with Crippen molar-refractivity contribution in [2.75, 3.05) is 18.0 Å². The lowest BCUT2D eigenvalue weighted by Gasteiger charge is -2.32. The second-order valence-electron chi connectivity index (χ2n) is 7.24. The third-order valence-corrected chi connectivity index (χ3v) is 4.13. The molecule has 1 aromatic rings. The Labute approximate surface area is 129 Å². The maximum Gasteiger partial charge on any atom is 0.101 e. The third kappa shape index (κ3) is 4.47. The molecule has 0 spiro atoms. The largest absolute Gasteiger partial charge is 0.370 e. The Bertz CT molecular complexity index is 514. The number of nitriles is 1. The van der Waals surface area contributed by atoms with Gasteiger partial charge in [0.1, 0.15) is 6.07 Å². The quantitative estimate of drug-likeness (QED) is 0.920. The molecule has 0 saturated carbocycles. The standard InChI is InChI=1S/C18H27N3/c1-14-7-9-21(10-8-14)17-6-5-15(11-16(17)12-19)13-20-18(2,3)4/h5-6,11,14,20H,7-10,13H2,1-4H3. The first-order valence-corrected chi connectivity index (χ1v) is 7.92. The number of anilines is 1. The molecule has 0 atom stereocenters. The summed E-state index contributed by atoms with van der Waals surface area (Å²) in [5.41, 5.74) is 3.17. The lowest BCUT2D eigenvalue weighted by Crippen LogP contribution is -2.35. The van der Waals surface area contributed by atoms with Gasteiger partial charge in [0, 0.05) is 25.2 Å². The van der Waals surface area contributed by atoms with Gasteiger partial charge >= 0.3 is 0 Å². The van der Waals surface area contributed by atoms with E-state index in [2.05, 4.69) is 56.1 Å². The van der Waals surface area contributed by atoms with Crippen LogP contribution in [0.25, 0.3) is 0 Å². The second kappa shape index (κ2) is 6.49. The van der Waals surface area contributed by atoms with Crippen LogP contribution in [0.2, 0.25) is 0 Å². The van der Waals surface area contributed by atoms with E-state index >= 15 is 0 Å². The van der Waals surface area contributed by atoms with E-state index in [1.54, 1.807) is 0 Å². The van der Waals surface area contributed by atoms with Gasteiger partial charge in [-0.3, -0.25) is 0 Å². The van der Waals surface area contributed by atoms with Crippen LogP contribution in [0.15, 0.2) is 18.2 Å². The average molecular weight is 285 g/mol. The van der Waals surface area contributed by atoms with Crippen molar-refractivity contribution in [2.24, 2.45) is 5.92 Å². The number of benzene rings is 1. The average Bonchev–Trinajstić information content (AvgIpc) is 2.45. The van der Waals surface area contributed by atoms with Gasteiger partial charge in [0.25, 0.3) is 0 Å². The number of hydrogen-bond acceptors (Lipinski definition) is 3. The Morgan fingerprint density at radius 1 is 1.29 bits per heavy atom. The van der Waals surface area contributed by atoms with Gasteiger partial charge in [0.15, 0.2) is 0 Å². The van der Waals surface area contributed by atoms with Crippen molar-refractivity contribution < 1.29 is 0 Å². The molecule has 2 rings (SSSR count). The molecule has 0 radical (unpaired) electrons. The number of nitrogens with zero attached hydrogens (tertiary/aromatic N) is 2. The van der Waals surface area contributed by atoms with E-state index in [1.807, 2.05) is 6.07 Å². The van der Waals surface area contributed by atoms with Gasteiger partial charge in [-0.05, 0) is 57.2 Å². The molecule has 1 saturated heterocycles. The SMILES string of the molecule is CC1CCN(c2ccc(CNC(C)(C)C)cc2C#N)CC1. The first-order chi connectivity index (χ1) is 9.89. The van der Waals surface area contributed by atoms with Gasteiger partial charge in [0.05, 0.1) is 11.3 Å². The van der Waals surface area contributed by atoms with Crippen molar-refractivity contribution in [3.8, 4) is 6.07 Å².